The van der Waals surface area contributed by atoms with E-state index in [2.05, 4.69) is 15.3 Å². The third kappa shape index (κ3) is 4.80. The number of amides is 1. The summed E-state index contributed by atoms with van der Waals surface area (Å²) in [6.45, 7) is 2.79. The van der Waals surface area contributed by atoms with E-state index in [0.29, 0.717) is 42.3 Å². The number of H-pyrrole nitrogens is 1. The van der Waals surface area contributed by atoms with Crippen molar-refractivity contribution in [3.05, 3.63) is 62.7 Å². The van der Waals surface area contributed by atoms with Gasteiger partial charge in [0.05, 0.1) is 0 Å². The topological polar surface area (TPSA) is 112 Å². The molecule has 2 aromatic heterocycles. The molecular formula is C21H22N4O4S3. The molecule has 0 unspecified atom stereocenters. The van der Waals surface area contributed by atoms with Crippen LogP contribution in [0.3, 0.4) is 0 Å². The zero-order chi connectivity index (χ0) is 22.7. The Bertz CT molecular complexity index is 1290. The number of aromatic amines is 1. The highest BCUT2D eigenvalue weighted by atomic mass is 32.2. The molecule has 1 aliphatic rings. The third-order valence-corrected chi connectivity index (χ3v) is 8.90. The summed E-state index contributed by atoms with van der Waals surface area (Å²) in [6, 6.07) is 9.85. The van der Waals surface area contributed by atoms with Crippen LogP contribution in [0.1, 0.15) is 22.3 Å². The van der Waals surface area contributed by atoms with Gasteiger partial charge in [-0.25, -0.2) is 13.4 Å². The molecule has 1 aliphatic heterocycles. The molecule has 168 valence electrons. The molecule has 3 heterocycles. The number of hydrogen-bond acceptors (Lipinski definition) is 7. The Hall–Kier alpha value is -2.47. The molecule has 0 bridgehead atoms. The summed E-state index contributed by atoms with van der Waals surface area (Å²) in [4.78, 5) is 32.2. The fourth-order valence-corrected chi connectivity index (χ4v) is 7.22. The van der Waals surface area contributed by atoms with Crippen LogP contribution in [-0.4, -0.2) is 53.2 Å². The predicted molar refractivity (Wildman–Crippen MR) is 128 cm³/mol. The van der Waals surface area contributed by atoms with Crippen molar-refractivity contribution in [2.24, 2.45) is 0 Å². The first kappa shape index (κ1) is 22.7. The van der Waals surface area contributed by atoms with Crippen molar-refractivity contribution in [1.82, 2.24) is 14.3 Å². The lowest BCUT2D eigenvalue weighted by atomic mass is 10.1. The minimum Gasteiger partial charge on any atom is -0.321 e. The van der Waals surface area contributed by atoms with Gasteiger partial charge in [-0.15, -0.1) is 11.3 Å². The molecule has 11 heteroatoms. The highest BCUT2D eigenvalue weighted by molar-refractivity contribution is 7.99. The summed E-state index contributed by atoms with van der Waals surface area (Å²) in [5.74, 6) is 1.40. The first-order valence-corrected chi connectivity index (χ1v) is 13.5. The molecular weight excluding hydrogens is 468 g/mol. The Labute approximate surface area is 194 Å². The van der Waals surface area contributed by atoms with Gasteiger partial charge in [0.2, 0.25) is 10.0 Å². The Balaban J connectivity index is 1.59. The maximum atomic E-state index is 13.1. The maximum absolute atomic E-state index is 13.1. The van der Waals surface area contributed by atoms with Gasteiger partial charge in [-0.1, -0.05) is 19.1 Å². The summed E-state index contributed by atoms with van der Waals surface area (Å²) in [5, 5.41) is 4.39. The van der Waals surface area contributed by atoms with E-state index in [-0.39, 0.29) is 15.3 Å². The number of thiophene rings is 1. The zero-order valence-electron chi connectivity index (χ0n) is 17.3. The molecule has 0 saturated carbocycles. The molecule has 32 heavy (non-hydrogen) atoms. The van der Waals surface area contributed by atoms with E-state index in [1.807, 2.05) is 6.92 Å². The van der Waals surface area contributed by atoms with Crippen LogP contribution in [0, 0.1) is 0 Å². The Morgan fingerprint density at radius 2 is 2.00 bits per heavy atom. The van der Waals surface area contributed by atoms with Crippen LogP contribution in [0.2, 0.25) is 0 Å². The van der Waals surface area contributed by atoms with Gasteiger partial charge in [-0.05, 0) is 30.0 Å². The minimum absolute atomic E-state index is 0.0321. The van der Waals surface area contributed by atoms with Crippen LogP contribution >= 0.6 is 23.1 Å². The van der Waals surface area contributed by atoms with E-state index >= 15 is 0 Å². The number of hydrogen-bond donors (Lipinski definition) is 2. The lowest BCUT2D eigenvalue weighted by Crippen LogP contribution is -2.38. The number of aromatic nitrogens is 2. The van der Waals surface area contributed by atoms with Gasteiger partial charge in [0.25, 0.3) is 11.5 Å². The van der Waals surface area contributed by atoms with Crippen LogP contribution in [-0.2, 0) is 16.4 Å². The monoisotopic (exact) mass is 490 g/mol. The number of nitrogens with one attached hydrogen (secondary N) is 2. The standard InChI is InChI=1S/C21H22N4O4S3/c1-2-15-13-18(26)24-20(22-15)14-4-3-5-16(12-14)23-21(27)19-17(6-9-31-19)32(28,29)25-7-10-30-11-8-25/h3-6,9,12-13H,2,7-8,10-11H2,1H3,(H,23,27)(H,22,24,26). The van der Waals surface area contributed by atoms with Crippen molar-refractivity contribution in [2.75, 3.05) is 29.9 Å². The third-order valence-electron chi connectivity index (χ3n) is 4.97. The number of thioether (sulfide) groups is 1. The van der Waals surface area contributed by atoms with Crippen LogP contribution in [0.25, 0.3) is 11.4 Å². The molecule has 2 N–H and O–H groups in total. The highest BCUT2D eigenvalue weighted by Gasteiger charge is 2.31. The van der Waals surface area contributed by atoms with Gasteiger partial charge in [0.1, 0.15) is 15.6 Å². The quantitative estimate of drug-likeness (QED) is 0.549. The summed E-state index contributed by atoms with van der Waals surface area (Å²) in [6.07, 6.45) is 0.624. The van der Waals surface area contributed by atoms with E-state index < -0.39 is 15.9 Å². The van der Waals surface area contributed by atoms with Gasteiger partial charge in [-0.2, -0.15) is 16.1 Å². The molecule has 1 amide bonds. The molecule has 0 spiro atoms. The first-order chi connectivity index (χ1) is 15.4. The van der Waals surface area contributed by atoms with Gasteiger partial charge >= 0.3 is 0 Å². The normalized spacial score (nSPS) is 14.9. The summed E-state index contributed by atoms with van der Waals surface area (Å²) in [7, 11) is -3.73. The van der Waals surface area contributed by atoms with Crippen molar-refractivity contribution >= 4 is 44.7 Å². The number of carbonyl (C=O) groups excluding carboxylic acids is 1. The Morgan fingerprint density at radius 3 is 2.75 bits per heavy atom. The molecule has 0 atom stereocenters. The fraction of sp³-hybridized carbons (Fsp3) is 0.286. The van der Waals surface area contributed by atoms with E-state index in [9.17, 15) is 18.0 Å². The number of anilines is 1. The van der Waals surface area contributed by atoms with E-state index in [0.717, 1.165) is 22.8 Å². The van der Waals surface area contributed by atoms with Crippen molar-refractivity contribution < 1.29 is 13.2 Å². The molecule has 1 aromatic carbocycles. The predicted octanol–water partition coefficient (Wildman–Crippen LogP) is 3.05. The number of benzene rings is 1. The first-order valence-electron chi connectivity index (χ1n) is 10.1. The van der Waals surface area contributed by atoms with Crippen molar-refractivity contribution in [1.29, 1.82) is 0 Å². The summed E-state index contributed by atoms with van der Waals surface area (Å²) < 4.78 is 27.6. The van der Waals surface area contributed by atoms with Gasteiger partial charge in [-0.3, -0.25) is 9.59 Å². The molecule has 8 nitrogen and oxygen atoms in total. The van der Waals surface area contributed by atoms with Crippen molar-refractivity contribution in [3.8, 4) is 11.4 Å². The lowest BCUT2D eigenvalue weighted by molar-refractivity contribution is 0.102. The second kappa shape index (κ2) is 9.57. The SMILES string of the molecule is CCc1cc(=O)[nH]c(-c2cccc(NC(=O)c3sccc3S(=O)(=O)N3CCSCC3)c2)n1. The molecule has 1 saturated heterocycles. The maximum Gasteiger partial charge on any atom is 0.267 e. The molecule has 4 rings (SSSR count). The van der Waals surface area contributed by atoms with Crippen LogP contribution in [0.15, 0.2) is 51.5 Å². The van der Waals surface area contributed by atoms with E-state index in [1.54, 1.807) is 41.4 Å². The van der Waals surface area contributed by atoms with E-state index in [4.69, 9.17) is 0 Å². The minimum atomic E-state index is -3.73. The lowest BCUT2D eigenvalue weighted by Gasteiger charge is -2.25. The highest BCUT2D eigenvalue weighted by Crippen LogP contribution is 2.28. The Morgan fingerprint density at radius 1 is 1.22 bits per heavy atom. The smallest absolute Gasteiger partial charge is 0.267 e. The van der Waals surface area contributed by atoms with Gasteiger partial charge < -0.3 is 10.3 Å². The van der Waals surface area contributed by atoms with Crippen LogP contribution in [0.4, 0.5) is 5.69 Å². The summed E-state index contributed by atoms with van der Waals surface area (Å²) >= 11 is 2.81. The Kier molecular flexibility index (Phi) is 6.79. The zero-order valence-corrected chi connectivity index (χ0v) is 19.8. The average Bonchev–Trinajstić information content (AvgIpc) is 3.30. The number of nitrogens with zero attached hydrogens (tertiary/aromatic N) is 2. The molecule has 3 aromatic rings. The average molecular weight is 491 g/mol. The number of carbonyl (C=O) groups is 1. The largest absolute Gasteiger partial charge is 0.321 e. The number of sulfonamides is 1. The second-order valence-electron chi connectivity index (χ2n) is 7.10. The molecule has 1 fully saturated rings. The fourth-order valence-electron chi connectivity index (χ4n) is 3.35. The second-order valence-corrected chi connectivity index (χ2v) is 11.2. The van der Waals surface area contributed by atoms with Gasteiger partial charge in [0, 0.05) is 47.6 Å². The number of aryl methyl sites for hydroxylation is 1. The molecule has 0 radical (unpaired) electrons. The van der Waals surface area contributed by atoms with E-state index in [1.165, 1.54) is 16.4 Å². The van der Waals surface area contributed by atoms with Crippen LogP contribution in [0.5, 0.6) is 0 Å². The van der Waals surface area contributed by atoms with Crippen molar-refractivity contribution in [2.45, 2.75) is 18.2 Å². The van der Waals surface area contributed by atoms with Crippen LogP contribution < -0.4 is 10.9 Å². The summed E-state index contributed by atoms with van der Waals surface area (Å²) in [5.41, 5.74) is 1.54. The molecule has 0 aliphatic carbocycles. The number of rotatable bonds is 6. The van der Waals surface area contributed by atoms with Crippen molar-refractivity contribution in [3.63, 3.8) is 0 Å². The van der Waals surface area contributed by atoms with Gasteiger partial charge in [0.15, 0.2) is 0 Å².